The van der Waals surface area contributed by atoms with E-state index in [0.29, 0.717) is 13.1 Å². The number of amides is 2. The van der Waals surface area contributed by atoms with E-state index in [9.17, 15) is 9.59 Å². The van der Waals surface area contributed by atoms with Crippen LogP contribution in [0, 0.1) is 5.92 Å². The summed E-state index contributed by atoms with van der Waals surface area (Å²) in [5.41, 5.74) is 2.21. The predicted octanol–water partition coefficient (Wildman–Crippen LogP) is 3.65. The van der Waals surface area contributed by atoms with Crippen LogP contribution in [0.3, 0.4) is 0 Å². The van der Waals surface area contributed by atoms with Crippen molar-refractivity contribution in [2.24, 2.45) is 5.92 Å². The monoisotopic (exact) mass is 412 g/mol. The lowest BCUT2D eigenvalue weighted by molar-refractivity contribution is -0.126. The van der Waals surface area contributed by atoms with Crippen molar-refractivity contribution in [3.63, 3.8) is 0 Å². The molecule has 4 rings (SSSR count). The minimum absolute atomic E-state index is 0.00689. The molecule has 0 radical (unpaired) electrons. The highest BCUT2D eigenvalue weighted by atomic mass is 79.9. The fraction of sp³-hybridized carbons (Fsp3) is 0.333. The first kappa shape index (κ1) is 17.3. The van der Waals surface area contributed by atoms with Gasteiger partial charge in [0.25, 0.3) is 0 Å². The molecule has 1 unspecified atom stereocenters. The molecule has 1 N–H and O–H groups in total. The Morgan fingerprint density at radius 1 is 1.15 bits per heavy atom. The Morgan fingerprint density at radius 3 is 2.62 bits per heavy atom. The van der Waals surface area contributed by atoms with Crippen LogP contribution in [0.25, 0.3) is 0 Å². The number of carbonyl (C=O) groups is 2. The molecule has 1 heterocycles. The van der Waals surface area contributed by atoms with Crippen molar-refractivity contribution in [2.75, 3.05) is 18.0 Å². The fourth-order valence-electron chi connectivity index (χ4n) is 3.69. The molecule has 26 heavy (non-hydrogen) atoms. The van der Waals surface area contributed by atoms with Crippen LogP contribution in [-0.4, -0.2) is 24.9 Å². The Kier molecular flexibility index (Phi) is 4.57. The van der Waals surface area contributed by atoms with E-state index < -0.39 is 0 Å². The van der Waals surface area contributed by atoms with E-state index in [1.54, 1.807) is 4.90 Å². The highest BCUT2D eigenvalue weighted by Crippen LogP contribution is 2.47. The maximum atomic E-state index is 12.6. The van der Waals surface area contributed by atoms with E-state index in [1.807, 2.05) is 42.5 Å². The summed E-state index contributed by atoms with van der Waals surface area (Å²) in [6, 6.07) is 18.0. The third-order valence-electron chi connectivity index (χ3n) is 5.46. The summed E-state index contributed by atoms with van der Waals surface area (Å²) in [5, 5.41) is 3.10. The van der Waals surface area contributed by atoms with Crippen LogP contribution in [0.4, 0.5) is 5.69 Å². The minimum atomic E-state index is -0.284. The molecule has 0 bridgehead atoms. The zero-order valence-corrected chi connectivity index (χ0v) is 16.0. The Hall–Kier alpha value is -2.14. The van der Waals surface area contributed by atoms with Gasteiger partial charge in [-0.2, -0.15) is 0 Å². The van der Waals surface area contributed by atoms with Gasteiger partial charge in [-0.1, -0.05) is 52.3 Å². The molecular weight excluding hydrogens is 392 g/mol. The van der Waals surface area contributed by atoms with Crippen molar-refractivity contribution in [1.29, 1.82) is 0 Å². The molecule has 2 amide bonds. The van der Waals surface area contributed by atoms with Gasteiger partial charge in [-0.15, -0.1) is 0 Å². The van der Waals surface area contributed by atoms with E-state index in [2.05, 4.69) is 33.4 Å². The highest BCUT2D eigenvalue weighted by molar-refractivity contribution is 9.10. The number of hydrogen-bond acceptors (Lipinski definition) is 2. The van der Waals surface area contributed by atoms with Gasteiger partial charge in [0.2, 0.25) is 11.8 Å². The molecule has 4 nitrogen and oxygen atoms in total. The third-order valence-corrected chi connectivity index (χ3v) is 5.95. The number of halogens is 1. The summed E-state index contributed by atoms with van der Waals surface area (Å²) in [6.07, 6.45) is 2.48. The van der Waals surface area contributed by atoms with Crippen LogP contribution in [-0.2, 0) is 15.0 Å². The average molecular weight is 413 g/mol. The Labute approximate surface area is 161 Å². The SMILES string of the molecule is O=C(NCC1(c2ccccc2)CC1)C1CC(=O)N(c2cccc(Br)c2)C1. The lowest BCUT2D eigenvalue weighted by Crippen LogP contribution is -2.37. The molecular formula is C21H21BrN2O2. The van der Waals surface area contributed by atoms with Gasteiger partial charge in [0.15, 0.2) is 0 Å². The Morgan fingerprint density at radius 2 is 1.92 bits per heavy atom. The van der Waals surface area contributed by atoms with Crippen LogP contribution in [0.5, 0.6) is 0 Å². The van der Waals surface area contributed by atoms with Crippen molar-refractivity contribution >= 4 is 33.4 Å². The normalized spacial score (nSPS) is 20.9. The molecule has 2 fully saturated rings. The van der Waals surface area contributed by atoms with Crippen LogP contribution >= 0.6 is 15.9 Å². The largest absolute Gasteiger partial charge is 0.355 e. The van der Waals surface area contributed by atoms with Gasteiger partial charge < -0.3 is 10.2 Å². The molecule has 2 aromatic carbocycles. The van der Waals surface area contributed by atoms with Crippen LogP contribution < -0.4 is 10.2 Å². The fourth-order valence-corrected chi connectivity index (χ4v) is 4.07. The molecule has 2 aliphatic rings. The van der Waals surface area contributed by atoms with E-state index in [-0.39, 0.29) is 29.6 Å². The molecule has 5 heteroatoms. The number of carbonyl (C=O) groups excluding carboxylic acids is 2. The Bertz CT molecular complexity index is 833. The first-order chi connectivity index (χ1) is 12.6. The highest BCUT2D eigenvalue weighted by Gasteiger charge is 2.45. The number of hydrogen-bond donors (Lipinski definition) is 1. The number of nitrogens with zero attached hydrogens (tertiary/aromatic N) is 1. The van der Waals surface area contributed by atoms with Crippen molar-refractivity contribution in [2.45, 2.75) is 24.7 Å². The summed E-state index contributed by atoms with van der Waals surface area (Å²) >= 11 is 3.43. The van der Waals surface area contributed by atoms with Crippen LogP contribution in [0.1, 0.15) is 24.8 Å². The molecule has 1 aliphatic carbocycles. The summed E-state index contributed by atoms with van der Waals surface area (Å²) in [7, 11) is 0. The second kappa shape index (κ2) is 6.88. The summed E-state index contributed by atoms with van der Waals surface area (Å²) in [4.78, 5) is 26.7. The van der Waals surface area contributed by atoms with Gasteiger partial charge in [-0.3, -0.25) is 9.59 Å². The molecule has 1 atom stereocenters. The van der Waals surface area contributed by atoms with Gasteiger partial charge in [-0.25, -0.2) is 0 Å². The lowest BCUT2D eigenvalue weighted by Gasteiger charge is -2.19. The van der Waals surface area contributed by atoms with Gasteiger partial charge in [0, 0.05) is 35.1 Å². The predicted molar refractivity (Wildman–Crippen MR) is 105 cm³/mol. The third kappa shape index (κ3) is 3.40. The van der Waals surface area contributed by atoms with Crippen molar-refractivity contribution in [1.82, 2.24) is 5.32 Å². The second-order valence-electron chi connectivity index (χ2n) is 7.25. The van der Waals surface area contributed by atoms with E-state index in [4.69, 9.17) is 0 Å². The van der Waals surface area contributed by atoms with E-state index in [1.165, 1.54) is 5.56 Å². The van der Waals surface area contributed by atoms with Crippen molar-refractivity contribution in [3.8, 4) is 0 Å². The zero-order chi connectivity index (χ0) is 18.1. The zero-order valence-electron chi connectivity index (χ0n) is 14.5. The second-order valence-corrected chi connectivity index (χ2v) is 8.17. The van der Waals surface area contributed by atoms with E-state index in [0.717, 1.165) is 23.0 Å². The van der Waals surface area contributed by atoms with Gasteiger partial charge in [-0.05, 0) is 36.6 Å². The Balaban J connectivity index is 1.38. The van der Waals surface area contributed by atoms with Gasteiger partial charge in [0.1, 0.15) is 0 Å². The standard InChI is InChI=1S/C21H21BrN2O2/c22-17-7-4-8-18(12-17)24-13-15(11-19(24)25)20(26)23-14-21(9-10-21)16-5-2-1-3-6-16/h1-8,12,15H,9-11,13-14H2,(H,23,26). The maximum absolute atomic E-state index is 12.6. The number of nitrogens with one attached hydrogen (secondary N) is 1. The van der Waals surface area contributed by atoms with Crippen LogP contribution in [0.2, 0.25) is 0 Å². The average Bonchev–Trinajstić information content (AvgIpc) is 3.35. The van der Waals surface area contributed by atoms with Gasteiger partial charge in [0.05, 0.1) is 5.92 Å². The smallest absolute Gasteiger partial charge is 0.227 e. The lowest BCUT2D eigenvalue weighted by atomic mass is 9.95. The first-order valence-electron chi connectivity index (χ1n) is 8.97. The molecule has 134 valence electrons. The van der Waals surface area contributed by atoms with Gasteiger partial charge >= 0.3 is 0 Å². The molecule has 1 saturated heterocycles. The topological polar surface area (TPSA) is 49.4 Å². The number of benzene rings is 2. The summed E-state index contributed by atoms with van der Waals surface area (Å²) < 4.78 is 0.925. The molecule has 1 saturated carbocycles. The van der Waals surface area contributed by atoms with E-state index >= 15 is 0 Å². The minimum Gasteiger partial charge on any atom is -0.355 e. The molecule has 0 aromatic heterocycles. The summed E-state index contributed by atoms with van der Waals surface area (Å²) in [5.74, 6) is -0.293. The first-order valence-corrected chi connectivity index (χ1v) is 9.76. The maximum Gasteiger partial charge on any atom is 0.227 e. The number of rotatable bonds is 5. The molecule has 1 aliphatic heterocycles. The summed E-state index contributed by atoms with van der Waals surface area (Å²) in [6.45, 7) is 1.09. The quantitative estimate of drug-likeness (QED) is 0.814. The van der Waals surface area contributed by atoms with Crippen molar-refractivity contribution in [3.05, 3.63) is 64.6 Å². The van der Waals surface area contributed by atoms with Crippen LogP contribution in [0.15, 0.2) is 59.1 Å². The molecule has 0 spiro atoms. The number of anilines is 1. The molecule has 2 aromatic rings. The van der Waals surface area contributed by atoms with Crippen molar-refractivity contribution < 1.29 is 9.59 Å².